The van der Waals surface area contributed by atoms with Crippen LogP contribution in [0.25, 0.3) is 0 Å². The molecule has 19 heavy (non-hydrogen) atoms. The van der Waals surface area contributed by atoms with Gasteiger partial charge in [0.15, 0.2) is 15.0 Å². The monoisotopic (exact) mass is 338 g/mol. The zero-order valence-corrected chi connectivity index (χ0v) is 12.6. The van der Waals surface area contributed by atoms with Gasteiger partial charge < -0.3 is 4.57 Å². The van der Waals surface area contributed by atoms with Crippen molar-refractivity contribution in [1.82, 2.24) is 9.55 Å². The number of hydrogen-bond acceptors (Lipinski definition) is 3. The molecule has 0 spiro atoms. The standard InChI is InChI=1S/C11H9Cl3N2O2S/c12-8-1-3-9(4-2-8)19(17,18)6-5-16-7-15-10(13)11(16)14/h1-4,7H,5-6H2. The maximum atomic E-state index is 12.1. The van der Waals surface area contributed by atoms with Crippen molar-refractivity contribution < 1.29 is 8.42 Å². The van der Waals surface area contributed by atoms with E-state index < -0.39 is 9.84 Å². The Labute approximate surface area is 125 Å². The van der Waals surface area contributed by atoms with Crippen molar-refractivity contribution in [2.45, 2.75) is 11.4 Å². The fourth-order valence-electron chi connectivity index (χ4n) is 1.48. The third kappa shape index (κ3) is 3.42. The van der Waals surface area contributed by atoms with Crippen LogP contribution < -0.4 is 0 Å². The lowest BCUT2D eigenvalue weighted by Crippen LogP contribution is -2.12. The van der Waals surface area contributed by atoms with E-state index >= 15 is 0 Å². The summed E-state index contributed by atoms with van der Waals surface area (Å²) >= 11 is 17.3. The van der Waals surface area contributed by atoms with Crippen LogP contribution in [0.1, 0.15) is 0 Å². The van der Waals surface area contributed by atoms with Gasteiger partial charge in [-0.15, -0.1) is 0 Å². The van der Waals surface area contributed by atoms with Gasteiger partial charge in [0.25, 0.3) is 0 Å². The summed E-state index contributed by atoms with van der Waals surface area (Å²) in [4.78, 5) is 4.01. The fourth-order valence-corrected chi connectivity index (χ4v) is 3.16. The minimum Gasteiger partial charge on any atom is -0.319 e. The summed E-state index contributed by atoms with van der Waals surface area (Å²) < 4.78 is 25.6. The SMILES string of the molecule is O=S(=O)(CCn1cnc(Cl)c1Cl)c1ccc(Cl)cc1. The van der Waals surface area contributed by atoms with Gasteiger partial charge in [-0.1, -0.05) is 34.8 Å². The third-order valence-corrected chi connectivity index (χ3v) is 5.24. The first-order chi connectivity index (χ1) is 8.90. The quantitative estimate of drug-likeness (QED) is 0.858. The Kier molecular flexibility index (Phi) is 4.40. The van der Waals surface area contributed by atoms with E-state index in [4.69, 9.17) is 34.8 Å². The predicted octanol–water partition coefficient (Wildman–Crippen LogP) is 3.32. The van der Waals surface area contributed by atoms with Crippen molar-refractivity contribution in [3.8, 4) is 0 Å². The average molecular weight is 340 g/mol. The highest BCUT2D eigenvalue weighted by atomic mass is 35.5. The lowest BCUT2D eigenvalue weighted by molar-refractivity contribution is 0.589. The molecule has 0 aliphatic carbocycles. The first-order valence-electron chi connectivity index (χ1n) is 5.24. The van der Waals surface area contributed by atoms with Crippen molar-refractivity contribution in [2.75, 3.05) is 5.75 Å². The second-order valence-electron chi connectivity index (χ2n) is 3.79. The molecule has 1 heterocycles. The van der Waals surface area contributed by atoms with E-state index in [0.29, 0.717) is 5.02 Å². The molecule has 8 heteroatoms. The largest absolute Gasteiger partial charge is 0.319 e. The number of nitrogens with zero attached hydrogens (tertiary/aromatic N) is 2. The molecule has 4 nitrogen and oxygen atoms in total. The molecule has 0 fully saturated rings. The Bertz CT molecular complexity index is 680. The summed E-state index contributed by atoms with van der Waals surface area (Å²) in [6.45, 7) is 0.184. The molecule has 0 N–H and O–H groups in total. The van der Waals surface area contributed by atoms with Crippen LogP contribution in [0.4, 0.5) is 0 Å². The Hall–Kier alpha value is -0.750. The number of aromatic nitrogens is 2. The van der Waals surface area contributed by atoms with Crippen LogP contribution in [0.15, 0.2) is 35.5 Å². The van der Waals surface area contributed by atoms with Gasteiger partial charge in [0.2, 0.25) is 0 Å². The second kappa shape index (κ2) is 5.71. The van der Waals surface area contributed by atoms with Crippen LogP contribution in [0.5, 0.6) is 0 Å². The summed E-state index contributed by atoms with van der Waals surface area (Å²) in [5, 5.41) is 0.877. The molecule has 0 saturated heterocycles. The first kappa shape index (κ1) is 14.7. The van der Waals surface area contributed by atoms with Crippen molar-refractivity contribution in [3.63, 3.8) is 0 Å². The molecule has 1 aromatic heterocycles. The van der Waals surface area contributed by atoms with E-state index in [1.54, 1.807) is 0 Å². The van der Waals surface area contributed by atoms with Crippen molar-refractivity contribution in [1.29, 1.82) is 0 Å². The van der Waals surface area contributed by atoms with Gasteiger partial charge in [0.1, 0.15) is 5.15 Å². The number of aryl methyl sites for hydroxylation is 1. The molecule has 1 aromatic carbocycles. The van der Waals surface area contributed by atoms with Gasteiger partial charge in [-0.2, -0.15) is 0 Å². The maximum Gasteiger partial charge on any atom is 0.180 e. The molecule has 2 aromatic rings. The van der Waals surface area contributed by atoms with Gasteiger partial charge in [0.05, 0.1) is 17.0 Å². The lowest BCUT2D eigenvalue weighted by Gasteiger charge is -2.06. The molecule has 0 atom stereocenters. The molecule has 0 radical (unpaired) electrons. The molecule has 0 unspecified atom stereocenters. The van der Waals surface area contributed by atoms with Crippen LogP contribution in [-0.2, 0) is 16.4 Å². The Morgan fingerprint density at radius 1 is 1.11 bits per heavy atom. The smallest absolute Gasteiger partial charge is 0.180 e. The van der Waals surface area contributed by atoms with E-state index in [2.05, 4.69) is 4.98 Å². The second-order valence-corrected chi connectivity index (χ2v) is 7.05. The summed E-state index contributed by atoms with van der Waals surface area (Å²) in [7, 11) is -3.39. The summed E-state index contributed by atoms with van der Waals surface area (Å²) in [5.74, 6) is -0.0962. The molecule has 0 aliphatic heterocycles. The van der Waals surface area contributed by atoms with E-state index in [1.807, 2.05) is 0 Å². The summed E-state index contributed by atoms with van der Waals surface area (Å²) in [6, 6.07) is 6.02. The van der Waals surface area contributed by atoms with E-state index in [9.17, 15) is 8.42 Å². The third-order valence-electron chi connectivity index (χ3n) is 2.51. The first-order valence-corrected chi connectivity index (χ1v) is 8.03. The van der Waals surface area contributed by atoms with Gasteiger partial charge >= 0.3 is 0 Å². The van der Waals surface area contributed by atoms with Crippen LogP contribution in [0.2, 0.25) is 15.3 Å². The molecule has 102 valence electrons. The van der Waals surface area contributed by atoms with Crippen molar-refractivity contribution in [3.05, 3.63) is 45.9 Å². The molecule has 0 amide bonds. The zero-order chi connectivity index (χ0) is 14.0. The molecular formula is C11H9Cl3N2O2S. The highest BCUT2D eigenvalue weighted by Gasteiger charge is 2.15. The normalized spacial score (nSPS) is 11.7. The molecule has 2 rings (SSSR count). The van der Waals surface area contributed by atoms with Gasteiger partial charge in [-0.25, -0.2) is 13.4 Å². The molecule has 0 aliphatic rings. The van der Waals surface area contributed by atoms with E-state index in [0.717, 1.165) is 0 Å². The van der Waals surface area contributed by atoms with Crippen molar-refractivity contribution in [2.24, 2.45) is 0 Å². The highest BCUT2D eigenvalue weighted by molar-refractivity contribution is 7.91. The Morgan fingerprint density at radius 3 is 2.26 bits per heavy atom. The van der Waals surface area contributed by atoms with E-state index in [1.165, 1.54) is 35.2 Å². The van der Waals surface area contributed by atoms with Crippen LogP contribution in [-0.4, -0.2) is 23.7 Å². The van der Waals surface area contributed by atoms with Crippen LogP contribution in [0, 0.1) is 0 Å². The summed E-state index contributed by atoms with van der Waals surface area (Å²) in [6.07, 6.45) is 1.40. The van der Waals surface area contributed by atoms with E-state index in [-0.39, 0.29) is 27.5 Å². The number of rotatable bonds is 4. The molecule has 0 saturated carbocycles. The number of sulfone groups is 1. The maximum absolute atomic E-state index is 12.1. The molecule has 0 bridgehead atoms. The van der Waals surface area contributed by atoms with Gasteiger partial charge in [-0.3, -0.25) is 0 Å². The van der Waals surface area contributed by atoms with Crippen LogP contribution in [0.3, 0.4) is 0 Å². The van der Waals surface area contributed by atoms with Gasteiger partial charge in [0, 0.05) is 11.6 Å². The Morgan fingerprint density at radius 2 is 1.74 bits per heavy atom. The predicted molar refractivity (Wildman–Crippen MR) is 75.8 cm³/mol. The van der Waals surface area contributed by atoms with Gasteiger partial charge in [-0.05, 0) is 24.3 Å². The van der Waals surface area contributed by atoms with Crippen molar-refractivity contribution >= 4 is 44.6 Å². The number of hydrogen-bond donors (Lipinski definition) is 0. The minimum absolute atomic E-state index is 0.0962. The lowest BCUT2D eigenvalue weighted by atomic mass is 10.4. The topological polar surface area (TPSA) is 52.0 Å². The zero-order valence-electron chi connectivity index (χ0n) is 9.55. The summed E-state index contributed by atoms with van der Waals surface area (Å²) in [5.41, 5.74) is 0. The fraction of sp³-hybridized carbons (Fsp3) is 0.182. The number of imidazole rings is 1. The van der Waals surface area contributed by atoms with Crippen LogP contribution >= 0.6 is 34.8 Å². The number of benzene rings is 1. The molecular weight excluding hydrogens is 331 g/mol. The average Bonchev–Trinajstić information content (AvgIpc) is 2.68. The highest BCUT2D eigenvalue weighted by Crippen LogP contribution is 2.20. The number of halogens is 3. The minimum atomic E-state index is -3.39. The Balaban J connectivity index is 2.14.